The van der Waals surface area contributed by atoms with Crippen molar-refractivity contribution in [2.75, 3.05) is 6.54 Å². The van der Waals surface area contributed by atoms with Crippen LogP contribution in [0.4, 0.5) is 0 Å². The molecule has 0 bridgehead atoms. The number of nitrogens with zero attached hydrogens (tertiary/aromatic N) is 1. The van der Waals surface area contributed by atoms with Crippen molar-refractivity contribution in [3.8, 4) is 0 Å². The van der Waals surface area contributed by atoms with Crippen LogP contribution in [0.1, 0.15) is 29.6 Å². The predicted octanol–water partition coefficient (Wildman–Crippen LogP) is 0.639. The first-order valence-electron chi connectivity index (χ1n) is 6.51. The van der Waals surface area contributed by atoms with Crippen molar-refractivity contribution in [1.29, 1.82) is 0 Å². The number of amides is 2. The van der Waals surface area contributed by atoms with Crippen molar-refractivity contribution in [2.45, 2.75) is 24.8 Å². The van der Waals surface area contributed by atoms with E-state index in [-0.39, 0.29) is 18.2 Å². The number of hydrogen-bond acceptors (Lipinski definition) is 5. The Labute approximate surface area is 115 Å². The molecule has 0 radical (unpaired) electrons. The van der Waals surface area contributed by atoms with Crippen LogP contribution < -0.4 is 5.32 Å². The molecule has 20 heavy (non-hydrogen) atoms. The van der Waals surface area contributed by atoms with Crippen molar-refractivity contribution >= 4 is 17.8 Å². The van der Waals surface area contributed by atoms with Crippen LogP contribution in [0.5, 0.6) is 0 Å². The van der Waals surface area contributed by atoms with Gasteiger partial charge in [-0.25, -0.2) is 4.79 Å². The second-order valence-electron chi connectivity index (χ2n) is 5.04. The molecule has 6 nitrogen and oxygen atoms in total. The number of hydrogen-bond donors (Lipinski definition) is 1. The zero-order valence-electron chi connectivity index (χ0n) is 10.8. The standard InChI is InChI=1S/C14H14N2O4/c17-11-9-14(13(19)15-11)7-4-8-16(14)20-12(18)10-5-2-1-3-6-10/h1-3,5-6H,4,7-9H2,(H,15,17,19)/t14-/m1/s1. The molecule has 0 aromatic heterocycles. The van der Waals surface area contributed by atoms with E-state index in [4.69, 9.17) is 4.84 Å². The van der Waals surface area contributed by atoms with Crippen molar-refractivity contribution in [2.24, 2.45) is 0 Å². The topological polar surface area (TPSA) is 75.7 Å². The number of hydroxylamine groups is 2. The Balaban J connectivity index is 1.79. The maximum Gasteiger partial charge on any atom is 0.357 e. The van der Waals surface area contributed by atoms with E-state index in [9.17, 15) is 14.4 Å². The van der Waals surface area contributed by atoms with E-state index in [1.54, 1.807) is 30.3 Å². The molecular weight excluding hydrogens is 260 g/mol. The molecule has 2 aliphatic rings. The first kappa shape index (κ1) is 12.8. The minimum absolute atomic E-state index is 0.0495. The number of imide groups is 1. The van der Waals surface area contributed by atoms with Gasteiger partial charge in [0, 0.05) is 6.54 Å². The highest BCUT2D eigenvalue weighted by molar-refractivity contribution is 6.08. The Morgan fingerprint density at radius 1 is 1.25 bits per heavy atom. The summed E-state index contributed by atoms with van der Waals surface area (Å²) < 4.78 is 0. The van der Waals surface area contributed by atoms with Gasteiger partial charge >= 0.3 is 5.97 Å². The molecule has 0 unspecified atom stereocenters. The van der Waals surface area contributed by atoms with Gasteiger partial charge in [-0.15, -0.1) is 5.06 Å². The van der Waals surface area contributed by atoms with Crippen LogP contribution >= 0.6 is 0 Å². The number of benzene rings is 1. The van der Waals surface area contributed by atoms with E-state index in [0.29, 0.717) is 24.9 Å². The number of carbonyl (C=O) groups is 3. The van der Waals surface area contributed by atoms with Gasteiger partial charge in [0.1, 0.15) is 5.54 Å². The second kappa shape index (κ2) is 4.72. The molecule has 1 aromatic rings. The van der Waals surface area contributed by atoms with Crippen LogP contribution in [0.3, 0.4) is 0 Å². The van der Waals surface area contributed by atoms with Crippen LogP contribution in [0, 0.1) is 0 Å². The fourth-order valence-electron chi connectivity index (χ4n) is 2.75. The van der Waals surface area contributed by atoms with Crippen LogP contribution in [-0.4, -0.2) is 34.9 Å². The lowest BCUT2D eigenvalue weighted by atomic mass is 9.95. The van der Waals surface area contributed by atoms with Gasteiger partial charge in [0.15, 0.2) is 0 Å². The third kappa shape index (κ3) is 1.98. The molecule has 1 spiro atoms. The molecule has 2 fully saturated rings. The van der Waals surface area contributed by atoms with Gasteiger partial charge in [-0.1, -0.05) is 18.2 Å². The second-order valence-corrected chi connectivity index (χ2v) is 5.04. The van der Waals surface area contributed by atoms with Crippen LogP contribution in [0.25, 0.3) is 0 Å². The maximum absolute atomic E-state index is 12.0. The summed E-state index contributed by atoms with van der Waals surface area (Å²) in [6, 6.07) is 8.57. The number of rotatable bonds is 2. The fourth-order valence-corrected chi connectivity index (χ4v) is 2.75. The van der Waals surface area contributed by atoms with Crippen LogP contribution in [-0.2, 0) is 14.4 Å². The Morgan fingerprint density at radius 3 is 2.65 bits per heavy atom. The Bertz CT molecular complexity index is 572. The van der Waals surface area contributed by atoms with Gasteiger partial charge < -0.3 is 4.84 Å². The van der Waals surface area contributed by atoms with Gasteiger partial charge in [0.25, 0.3) is 5.91 Å². The molecule has 3 rings (SSSR count). The zero-order chi connectivity index (χ0) is 14.2. The van der Waals surface area contributed by atoms with E-state index in [1.165, 1.54) is 5.06 Å². The zero-order valence-corrected chi connectivity index (χ0v) is 10.8. The van der Waals surface area contributed by atoms with E-state index >= 15 is 0 Å². The Hall–Kier alpha value is -2.21. The quantitative estimate of drug-likeness (QED) is 0.801. The van der Waals surface area contributed by atoms with Crippen LogP contribution in [0.15, 0.2) is 30.3 Å². The molecule has 6 heteroatoms. The van der Waals surface area contributed by atoms with Gasteiger partial charge in [-0.3, -0.25) is 14.9 Å². The SMILES string of the molecule is O=C1C[C@]2(CCCN2OC(=O)c2ccccc2)C(=O)N1. The van der Waals surface area contributed by atoms with E-state index in [0.717, 1.165) is 0 Å². The van der Waals surface area contributed by atoms with Crippen molar-refractivity contribution in [1.82, 2.24) is 10.4 Å². The molecule has 1 aromatic carbocycles. The highest BCUT2D eigenvalue weighted by Crippen LogP contribution is 2.36. The molecule has 1 atom stereocenters. The molecular formula is C14H14N2O4. The third-order valence-electron chi connectivity index (χ3n) is 3.76. The third-order valence-corrected chi connectivity index (χ3v) is 3.76. The minimum atomic E-state index is -1.01. The van der Waals surface area contributed by atoms with Crippen molar-refractivity contribution in [3.05, 3.63) is 35.9 Å². The smallest absolute Gasteiger partial charge is 0.357 e. The normalized spacial score (nSPS) is 26.0. The maximum atomic E-state index is 12.0. The average molecular weight is 274 g/mol. The van der Waals surface area contributed by atoms with Gasteiger partial charge in [-0.2, -0.15) is 0 Å². The summed E-state index contributed by atoms with van der Waals surface area (Å²) in [4.78, 5) is 40.8. The minimum Gasteiger partial charge on any atom is -0.363 e. The summed E-state index contributed by atoms with van der Waals surface area (Å²) in [6.45, 7) is 0.458. The van der Waals surface area contributed by atoms with E-state index < -0.39 is 11.5 Å². The summed E-state index contributed by atoms with van der Waals surface area (Å²) in [7, 11) is 0. The molecule has 2 heterocycles. The molecule has 1 N–H and O–H groups in total. The number of nitrogens with one attached hydrogen (secondary N) is 1. The summed E-state index contributed by atoms with van der Waals surface area (Å²) in [5.41, 5.74) is -0.596. The lowest BCUT2D eigenvalue weighted by Crippen LogP contribution is -2.50. The van der Waals surface area contributed by atoms with Gasteiger partial charge in [0.05, 0.1) is 12.0 Å². The highest BCUT2D eigenvalue weighted by atomic mass is 16.7. The summed E-state index contributed by atoms with van der Waals surface area (Å²) >= 11 is 0. The van der Waals surface area contributed by atoms with Crippen molar-refractivity contribution in [3.63, 3.8) is 0 Å². The van der Waals surface area contributed by atoms with Gasteiger partial charge in [0.2, 0.25) is 5.91 Å². The Morgan fingerprint density at radius 2 is 2.00 bits per heavy atom. The largest absolute Gasteiger partial charge is 0.363 e. The summed E-state index contributed by atoms with van der Waals surface area (Å²) in [5.74, 6) is -1.21. The lowest BCUT2D eigenvalue weighted by Gasteiger charge is -2.29. The van der Waals surface area contributed by atoms with Crippen LogP contribution in [0.2, 0.25) is 0 Å². The molecule has 0 saturated carbocycles. The summed E-state index contributed by atoms with van der Waals surface area (Å²) in [5, 5.41) is 3.65. The molecule has 2 amide bonds. The monoisotopic (exact) mass is 274 g/mol. The number of carbonyl (C=O) groups excluding carboxylic acids is 3. The van der Waals surface area contributed by atoms with Gasteiger partial charge in [-0.05, 0) is 25.0 Å². The Kier molecular flexibility index (Phi) is 3.02. The lowest BCUT2D eigenvalue weighted by molar-refractivity contribution is -0.168. The average Bonchev–Trinajstić information content (AvgIpc) is 2.96. The molecule has 0 aliphatic carbocycles. The van der Waals surface area contributed by atoms with E-state index in [2.05, 4.69) is 5.32 Å². The first-order chi connectivity index (χ1) is 9.62. The molecule has 2 aliphatic heterocycles. The molecule has 104 valence electrons. The van der Waals surface area contributed by atoms with E-state index in [1.807, 2.05) is 0 Å². The van der Waals surface area contributed by atoms with Crippen molar-refractivity contribution < 1.29 is 19.2 Å². The predicted molar refractivity (Wildman–Crippen MR) is 68.3 cm³/mol. The first-order valence-corrected chi connectivity index (χ1v) is 6.51. The summed E-state index contributed by atoms with van der Waals surface area (Å²) in [6.07, 6.45) is 1.28. The molecule has 2 saturated heterocycles. The fraction of sp³-hybridized carbons (Fsp3) is 0.357. The highest BCUT2D eigenvalue weighted by Gasteiger charge is 2.55.